The van der Waals surface area contributed by atoms with E-state index in [-0.39, 0.29) is 11.9 Å². The lowest BCUT2D eigenvalue weighted by atomic mass is 10.1. The molecule has 0 aliphatic heterocycles. The van der Waals surface area contributed by atoms with Crippen molar-refractivity contribution < 1.29 is 14.3 Å². The minimum absolute atomic E-state index is 0.0200. The van der Waals surface area contributed by atoms with Gasteiger partial charge in [-0.1, -0.05) is 19.4 Å². The van der Waals surface area contributed by atoms with Crippen molar-refractivity contribution in [2.45, 2.75) is 25.8 Å². The minimum Gasteiger partial charge on any atom is -0.493 e. The Morgan fingerprint density at radius 2 is 2.11 bits per heavy atom. The fourth-order valence-corrected chi connectivity index (χ4v) is 1.93. The maximum atomic E-state index is 12.2. The number of para-hydroxylation sites is 1. The molecule has 0 aliphatic carbocycles. The van der Waals surface area contributed by atoms with Gasteiger partial charge in [-0.15, -0.1) is 0 Å². The smallest absolute Gasteiger partial charge is 0.255 e. The number of rotatable bonds is 7. The van der Waals surface area contributed by atoms with Crippen LogP contribution in [0.15, 0.2) is 18.2 Å². The normalized spacial score (nSPS) is 11.8. The summed E-state index contributed by atoms with van der Waals surface area (Å²) >= 11 is 0. The van der Waals surface area contributed by atoms with E-state index in [0.717, 1.165) is 12.8 Å². The van der Waals surface area contributed by atoms with Gasteiger partial charge >= 0.3 is 0 Å². The summed E-state index contributed by atoms with van der Waals surface area (Å²) in [6.45, 7) is 2.48. The van der Waals surface area contributed by atoms with Crippen LogP contribution < -0.4 is 20.5 Å². The Morgan fingerprint density at radius 3 is 2.63 bits per heavy atom. The number of nitrogens with two attached hydrogens (primary N) is 1. The first kappa shape index (κ1) is 15.3. The van der Waals surface area contributed by atoms with Crippen LogP contribution in [0.1, 0.15) is 30.1 Å². The molecule has 5 nitrogen and oxygen atoms in total. The molecule has 0 aromatic heterocycles. The van der Waals surface area contributed by atoms with Gasteiger partial charge in [0.2, 0.25) is 0 Å². The highest BCUT2D eigenvalue weighted by molar-refractivity contribution is 5.98. The van der Waals surface area contributed by atoms with Crippen molar-refractivity contribution in [1.29, 1.82) is 0 Å². The molecule has 19 heavy (non-hydrogen) atoms. The summed E-state index contributed by atoms with van der Waals surface area (Å²) in [6.07, 6.45) is 1.83. The summed E-state index contributed by atoms with van der Waals surface area (Å²) in [7, 11) is 3.06. The molecule has 1 aromatic carbocycles. The van der Waals surface area contributed by atoms with Gasteiger partial charge in [0.25, 0.3) is 5.91 Å². The highest BCUT2D eigenvalue weighted by atomic mass is 16.5. The van der Waals surface area contributed by atoms with Crippen molar-refractivity contribution in [3.05, 3.63) is 23.8 Å². The van der Waals surface area contributed by atoms with Crippen LogP contribution in [0.25, 0.3) is 0 Å². The molecule has 0 bridgehead atoms. The van der Waals surface area contributed by atoms with Crippen LogP contribution in [0.5, 0.6) is 11.5 Å². The third kappa shape index (κ3) is 3.86. The van der Waals surface area contributed by atoms with Gasteiger partial charge < -0.3 is 20.5 Å². The maximum Gasteiger partial charge on any atom is 0.255 e. The van der Waals surface area contributed by atoms with Gasteiger partial charge in [-0.25, -0.2) is 0 Å². The molecule has 0 radical (unpaired) electrons. The first-order chi connectivity index (χ1) is 9.17. The summed E-state index contributed by atoms with van der Waals surface area (Å²) in [5.74, 6) is 0.782. The first-order valence-corrected chi connectivity index (χ1v) is 6.39. The average Bonchev–Trinajstić information content (AvgIpc) is 2.45. The molecule has 1 rings (SSSR count). The lowest BCUT2D eigenvalue weighted by molar-refractivity contribution is 0.0932. The lowest BCUT2D eigenvalue weighted by Gasteiger charge is -2.18. The van der Waals surface area contributed by atoms with Crippen molar-refractivity contribution in [2.24, 2.45) is 5.73 Å². The zero-order valence-corrected chi connectivity index (χ0v) is 11.7. The predicted octanol–water partition coefficient (Wildman–Crippen LogP) is 1.56. The zero-order valence-electron chi connectivity index (χ0n) is 11.7. The van der Waals surface area contributed by atoms with Crippen molar-refractivity contribution >= 4 is 5.91 Å². The third-order valence-electron chi connectivity index (χ3n) is 2.90. The Kier molecular flexibility index (Phi) is 6.15. The lowest BCUT2D eigenvalue weighted by Crippen LogP contribution is -2.40. The van der Waals surface area contributed by atoms with E-state index in [2.05, 4.69) is 12.2 Å². The minimum atomic E-state index is -0.195. The molecule has 0 fully saturated rings. The van der Waals surface area contributed by atoms with Gasteiger partial charge in [-0.2, -0.15) is 0 Å². The van der Waals surface area contributed by atoms with Crippen molar-refractivity contribution in [3.8, 4) is 11.5 Å². The van der Waals surface area contributed by atoms with E-state index >= 15 is 0 Å². The Hall–Kier alpha value is -1.75. The van der Waals surface area contributed by atoms with E-state index in [9.17, 15) is 4.79 Å². The standard InChI is InChI=1S/C14H22N2O3/c1-4-6-10(9-15)16-14(17)11-7-5-8-12(18-2)13(11)19-3/h5,7-8,10H,4,6,9,15H2,1-3H3,(H,16,17). The second-order valence-electron chi connectivity index (χ2n) is 4.24. The van der Waals surface area contributed by atoms with E-state index in [1.807, 2.05) is 0 Å². The Balaban J connectivity index is 2.92. The molecule has 1 aromatic rings. The topological polar surface area (TPSA) is 73.6 Å². The van der Waals surface area contributed by atoms with Crippen LogP contribution in [0.4, 0.5) is 0 Å². The van der Waals surface area contributed by atoms with Crippen molar-refractivity contribution in [1.82, 2.24) is 5.32 Å². The van der Waals surface area contributed by atoms with Crippen LogP contribution in [0.3, 0.4) is 0 Å². The van der Waals surface area contributed by atoms with E-state index in [1.165, 1.54) is 7.11 Å². The Labute approximate surface area is 114 Å². The molecule has 1 amide bonds. The number of carbonyl (C=O) groups excluding carboxylic acids is 1. The van der Waals surface area contributed by atoms with Crippen LogP contribution in [-0.4, -0.2) is 32.7 Å². The van der Waals surface area contributed by atoms with E-state index in [1.54, 1.807) is 25.3 Å². The summed E-state index contributed by atoms with van der Waals surface area (Å²) in [5, 5.41) is 2.91. The number of nitrogens with one attached hydrogen (secondary N) is 1. The molecular formula is C14H22N2O3. The quantitative estimate of drug-likeness (QED) is 0.785. The molecule has 1 atom stereocenters. The highest BCUT2D eigenvalue weighted by Gasteiger charge is 2.18. The van der Waals surface area contributed by atoms with Crippen LogP contribution in [0.2, 0.25) is 0 Å². The predicted molar refractivity (Wildman–Crippen MR) is 74.8 cm³/mol. The van der Waals surface area contributed by atoms with Crippen LogP contribution >= 0.6 is 0 Å². The largest absolute Gasteiger partial charge is 0.493 e. The van der Waals surface area contributed by atoms with Gasteiger partial charge in [-0.05, 0) is 18.6 Å². The second-order valence-corrected chi connectivity index (χ2v) is 4.24. The SMILES string of the molecule is CCCC(CN)NC(=O)c1cccc(OC)c1OC. The zero-order chi connectivity index (χ0) is 14.3. The molecule has 3 N–H and O–H groups in total. The molecule has 0 aliphatic rings. The number of amides is 1. The van der Waals surface area contributed by atoms with Gasteiger partial charge in [0.15, 0.2) is 11.5 Å². The number of methoxy groups -OCH3 is 2. The molecule has 5 heteroatoms. The van der Waals surface area contributed by atoms with Crippen molar-refractivity contribution in [2.75, 3.05) is 20.8 Å². The second kappa shape index (κ2) is 7.63. The summed E-state index contributed by atoms with van der Waals surface area (Å²) in [6, 6.07) is 5.19. The number of hydrogen-bond acceptors (Lipinski definition) is 4. The summed E-state index contributed by atoms with van der Waals surface area (Å²) in [4.78, 5) is 12.2. The molecule has 0 heterocycles. The van der Waals surface area contributed by atoms with Gasteiger partial charge in [0.05, 0.1) is 19.8 Å². The maximum absolute atomic E-state index is 12.2. The summed E-state index contributed by atoms with van der Waals surface area (Å²) < 4.78 is 10.4. The van der Waals surface area contributed by atoms with E-state index in [0.29, 0.717) is 23.6 Å². The van der Waals surface area contributed by atoms with Gasteiger partial charge in [0, 0.05) is 12.6 Å². The number of carbonyl (C=O) groups is 1. The molecule has 0 saturated carbocycles. The fourth-order valence-electron chi connectivity index (χ4n) is 1.93. The van der Waals surface area contributed by atoms with Crippen molar-refractivity contribution in [3.63, 3.8) is 0 Å². The highest BCUT2D eigenvalue weighted by Crippen LogP contribution is 2.30. The number of benzene rings is 1. The van der Waals surface area contributed by atoms with Gasteiger partial charge in [-0.3, -0.25) is 4.79 Å². The molecule has 0 saturated heterocycles. The average molecular weight is 266 g/mol. The summed E-state index contributed by atoms with van der Waals surface area (Å²) in [5.41, 5.74) is 6.10. The first-order valence-electron chi connectivity index (χ1n) is 6.39. The fraction of sp³-hybridized carbons (Fsp3) is 0.500. The van der Waals surface area contributed by atoms with Crippen LogP contribution in [0, 0.1) is 0 Å². The van der Waals surface area contributed by atoms with Crippen LogP contribution in [-0.2, 0) is 0 Å². The molecule has 0 spiro atoms. The van der Waals surface area contributed by atoms with E-state index < -0.39 is 0 Å². The molecule has 1 unspecified atom stereocenters. The number of ether oxygens (including phenoxy) is 2. The monoisotopic (exact) mass is 266 g/mol. The molecular weight excluding hydrogens is 244 g/mol. The molecule has 106 valence electrons. The number of hydrogen-bond donors (Lipinski definition) is 2. The third-order valence-corrected chi connectivity index (χ3v) is 2.90. The van der Waals surface area contributed by atoms with E-state index in [4.69, 9.17) is 15.2 Å². The Bertz CT molecular complexity index is 421. The van der Waals surface area contributed by atoms with Gasteiger partial charge in [0.1, 0.15) is 0 Å². The Morgan fingerprint density at radius 1 is 1.37 bits per heavy atom.